The zero-order valence-electron chi connectivity index (χ0n) is 13.0. The van der Waals surface area contributed by atoms with Crippen LogP contribution in [-0.2, 0) is 16.6 Å². The third-order valence-electron chi connectivity index (χ3n) is 3.93. The second-order valence-corrected chi connectivity index (χ2v) is 8.37. The highest BCUT2D eigenvalue weighted by Crippen LogP contribution is 2.26. The summed E-state index contributed by atoms with van der Waals surface area (Å²) in [6.45, 7) is 4.52. The van der Waals surface area contributed by atoms with Gasteiger partial charge in [-0.2, -0.15) is 4.31 Å². The van der Waals surface area contributed by atoms with E-state index in [0.717, 1.165) is 0 Å². The highest BCUT2D eigenvalue weighted by Gasteiger charge is 2.31. The molecule has 0 atom stereocenters. The van der Waals surface area contributed by atoms with Gasteiger partial charge in [0, 0.05) is 6.92 Å². The second-order valence-electron chi connectivity index (χ2n) is 5.62. The van der Waals surface area contributed by atoms with Crippen LogP contribution in [0.5, 0.6) is 0 Å². The number of aromatic nitrogens is 2. The smallest absolute Gasteiger partial charge is 0.271 e. The van der Waals surface area contributed by atoms with E-state index in [1.807, 2.05) is 0 Å². The van der Waals surface area contributed by atoms with Gasteiger partial charge in [0.05, 0.1) is 41.1 Å². The highest BCUT2D eigenvalue weighted by atomic mass is 35.5. The largest absolute Gasteiger partial charge is 0.420 e. The molecule has 1 aliphatic rings. The first-order chi connectivity index (χ1) is 11.4. The summed E-state index contributed by atoms with van der Waals surface area (Å²) in [6.07, 6.45) is 0. The molecule has 2 aromatic rings. The van der Waals surface area contributed by atoms with Gasteiger partial charge in [-0.3, -0.25) is 0 Å². The van der Waals surface area contributed by atoms with Crippen LogP contribution in [0.15, 0.2) is 27.5 Å². The number of piperazine rings is 1. The molecule has 1 N–H and O–H groups in total. The average Bonchev–Trinajstić information content (AvgIpc) is 2.95. The Morgan fingerprint density at radius 1 is 1.21 bits per heavy atom. The number of nitrogens with zero attached hydrogens (tertiary/aromatic N) is 3. The predicted molar refractivity (Wildman–Crippen MR) is 88.7 cm³/mol. The Kier molecular flexibility index (Phi) is 5.12. The maximum Gasteiger partial charge on any atom is 0.271 e. The topological polar surface area (TPSA) is 80.7 Å². The number of rotatable bonds is 4. The number of quaternary nitrogens is 1. The van der Waals surface area contributed by atoms with Crippen LogP contribution in [0.3, 0.4) is 0 Å². The SMILES string of the molecule is Cc1nnc(C[NH+]2CCN(S(=O)(=O)c3ccc(Cl)c(Cl)c3)CC2)o1. The summed E-state index contributed by atoms with van der Waals surface area (Å²) in [5.74, 6) is 1.11. The molecule has 0 unspecified atom stereocenters. The van der Waals surface area contributed by atoms with Crippen molar-refractivity contribution < 1.29 is 17.7 Å². The molecule has 1 aliphatic heterocycles. The second kappa shape index (κ2) is 6.97. The number of sulfonamides is 1. The summed E-state index contributed by atoms with van der Waals surface area (Å²) in [4.78, 5) is 1.37. The number of nitrogens with one attached hydrogen (secondary N) is 1. The molecule has 0 amide bonds. The fourth-order valence-electron chi connectivity index (χ4n) is 2.63. The number of halogens is 2. The molecule has 7 nitrogen and oxygen atoms in total. The molecule has 0 saturated carbocycles. The van der Waals surface area contributed by atoms with Gasteiger partial charge in [0.25, 0.3) is 5.89 Å². The molecular formula is C14H17Cl2N4O3S+. The van der Waals surface area contributed by atoms with Crippen molar-refractivity contribution >= 4 is 33.2 Å². The minimum Gasteiger partial charge on any atom is -0.420 e. The average molecular weight is 392 g/mol. The van der Waals surface area contributed by atoms with Crippen molar-refractivity contribution in [1.82, 2.24) is 14.5 Å². The van der Waals surface area contributed by atoms with Crippen molar-refractivity contribution in [3.05, 3.63) is 40.0 Å². The summed E-state index contributed by atoms with van der Waals surface area (Å²) in [5.41, 5.74) is 0. The van der Waals surface area contributed by atoms with Crippen molar-refractivity contribution in [2.45, 2.75) is 18.4 Å². The normalized spacial score (nSPS) is 17.3. The molecule has 0 radical (unpaired) electrons. The molecule has 0 bridgehead atoms. The van der Waals surface area contributed by atoms with Crippen LogP contribution >= 0.6 is 23.2 Å². The quantitative estimate of drug-likeness (QED) is 0.832. The zero-order valence-corrected chi connectivity index (χ0v) is 15.3. The van der Waals surface area contributed by atoms with E-state index in [0.29, 0.717) is 49.5 Å². The predicted octanol–water partition coefficient (Wildman–Crippen LogP) is 0.774. The van der Waals surface area contributed by atoms with E-state index in [1.54, 1.807) is 6.92 Å². The van der Waals surface area contributed by atoms with Crippen molar-refractivity contribution in [3.63, 3.8) is 0 Å². The molecule has 130 valence electrons. The van der Waals surface area contributed by atoms with Gasteiger partial charge in [-0.25, -0.2) is 8.42 Å². The van der Waals surface area contributed by atoms with Crippen LogP contribution in [0.2, 0.25) is 10.0 Å². The Morgan fingerprint density at radius 2 is 1.92 bits per heavy atom. The van der Waals surface area contributed by atoms with Crippen LogP contribution in [0.1, 0.15) is 11.8 Å². The van der Waals surface area contributed by atoms with Gasteiger partial charge < -0.3 is 9.32 Å². The molecule has 1 saturated heterocycles. The maximum atomic E-state index is 12.7. The monoisotopic (exact) mass is 391 g/mol. The summed E-state index contributed by atoms with van der Waals surface area (Å²) in [6, 6.07) is 4.36. The van der Waals surface area contributed by atoms with Crippen LogP contribution < -0.4 is 4.90 Å². The fourth-order valence-corrected chi connectivity index (χ4v) is 4.46. The Bertz CT molecular complexity index is 832. The van der Waals surface area contributed by atoms with Gasteiger partial charge in [-0.15, -0.1) is 10.2 Å². The number of hydrogen-bond acceptors (Lipinski definition) is 5. The van der Waals surface area contributed by atoms with E-state index in [2.05, 4.69) is 10.2 Å². The Labute approximate surface area is 150 Å². The van der Waals surface area contributed by atoms with E-state index in [9.17, 15) is 8.42 Å². The Hall–Kier alpha value is -1.19. The van der Waals surface area contributed by atoms with E-state index in [1.165, 1.54) is 27.4 Å². The van der Waals surface area contributed by atoms with Crippen LogP contribution in [0.4, 0.5) is 0 Å². The first-order valence-corrected chi connectivity index (χ1v) is 9.63. The molecule has 1 aromatic carbocycles. The van der Waals surface area contributed by atoms with Crippen molar-refractivity contribution in [3.8, 4) is 0 Å². The number of hydrogen-bond donors (Lipinski definition) is 1. The summed E-state index contributed by atoms with van der Waals surface area (Å²) >= 11 is 11.8. The van der Waals surface area contributed by atoms with Gasteiger partial charge in [0.1, 0.15) is 0 Å². The van der Waals surface area contributed by atoms with E-state index in [-0.39, 0.29) is 9.92 Å². The summed E-state index contributed by atoms with van der Waals surface area (Å²) in [5, 5.41) is 8.34. The third kappa shape index (κ3) is 3.73. The van der Waals surface area contributed by atoms with Crippen molar-refractivity contribution in [2.75, 3.05) is 26.2 Å². The van der Waals surface area contributed by atoms with E-state index >= 15 is 0 Å². The third-order valence-corrected chi connectivity index (χ3v) is 6.56. The minimum atomic E-state index is -3.57. The molecule has 24 heavy (non-hydrogen) atoms. The Balaban J connectivity index is 1.65. The van der Waals surface area contributed by atoms with Crippen LogP contribution in [-0.4, -0.2) is 49.1 Å². The molecule has 3 rings (SSSR count). The molecule has 2 heterocycles. The zero-order chi connectivity index (χ0) is 17.3. The molecule has 0 aliphatic carbocycles. The molecule has 1 fully saturated rings. The van der Waals surface area contributed by atoms with Crippen LogP contribution in [0, 0.1) is 6.92 Å². The Morgan fingerprint density at radius 3 is 2.50 bits per heavy atom. The molecular weight excluding hydrogens is 375 g/mol. The van der Waals surface area contributed by atoms with Gasteiger partial charge in [-0.05, 0) is 18.2 Å². The maximum absolute atomic E-state index is 12.7. The molecule has 1 aromatic heterocycles. The molecule has 0 spiro atoms. The van der Waals surface area contributed by atoms with Gasteiger partial charge in [0.15, 0.2) is 6.54 Å². The first kappa shape index (κ1) is 17.6. The molecule has 10 heteroatoms. The van der Waals surface area contributed by atoms with Crippen molar-refractivity contribution in [2.24, 2.45) is 0 Å². The minimum absolute atomic E-state index is 0.160. The van der Waals surface area contributed by atoms with Gasteiger partial charge in [-0.1, -0.05) is 23.2 Å². The number of aryl methyl sites for hydroxylation is 1. The van der Waals surface area contributed by atoms with Gasteiger partial charge >= 0.3 is 0 Å². The van der Waals surface area contributed by atoms with Gasteiger partial charge in [0.2, 0.25) is 15.9 Å². The van der Waals surface area contributed by atoms with Crippen molar-refractivity contribution in [1.29, 1.82) is 0 Å². The lowest BCUT2D eigenvalue weighted by molar-refractivity contribution is -0.918. The van der Waals surface area contributed by atoms with Crippen LogP contribution in [0.25, 0.3) is 0 Å². The summed E-state index contributed by atoms with van der Waals surface area (Å²) in [7, 11) is -3.57. The lowest BCUT2D eigenvalue weighted by atomic mass is 10.3. The lowest BCUT2D eigenvalue weighted by Gasteiger charge is -2.30. The fraction of sp³-hybridized carbons (Fsp3) is 0.429. The highest BCUT2D eigenvalue weighted by molar-refractivity contribution is 7.89. The number of benzene rings is 1. The first-order valence-electron chi connectivity index (χ1n) is 7.44. The van der Waals surface area contributed by atoms with E-state index < -0.39 is 10.0 Å². The lowest BCUT2D eigenvalue weighted by Crippen LogP contribution is -3.13. The van der Waals surface area contributed by atoms with E-state index in [4.69, 9.17) is 27.6 Å². The summed E-state index contributed by atoms with van der Waals surface area (Å²) < 4.78 is 32.2. The standard InChI is InChI=1S/C14H16Cl2N4O3S/c1-10-17-18-14(23-10)9-19-4-6-20(7-5-19)24(21,22)11-2-3-12(15)13(16)8-11/h2-3,8H,4-7,9H2,1H3/p+1.